The zero-order valence-corrected chi connectivity index (χ0v) is 33.8. The number of halogens is 2. The number of guanidine groups is 1. The number of aliphatic imine (C=N–C) groups is 2. The van der Waals surface area contributed by atoms with E-state index in [1.54, 1.807) is 92.3 Å². The number of carbonyl (C=O) groups excluding carboxylic acids is 4. The van der Waals surface area contributed by atoms with Crippen molar-refractivity contribution in [3.63, 3.8) is 0 Å². The standard InChI is InChI=1S/C41H52F2N6O7/c1-25-21-29(45-34(50)28-11-12-30(31(42)22-28)26-13-17-48(18-14-26)24-44-36(51)54-39(2,3)4)23-32(43)33(25)27-15-19-49(20-16-27)35(46-37(52)55-40(5,6)7)47-38(53)56-41(8,9)10/h11-13,15,21-24H,14,16-20H2,1-10H3,(H,45,50)(H,46,47,52,53). The van der Waals surface area contributed by atoms with Gasteiger partial charge in [0.05, 0.1) is 6.34 Å². The summed E-state index contributed by atoms with van der Waals surface area (Å²) in [6.07, 6.45) is 3.48. The van der Waals surface area contributed by atoms with Gasteiger partial charge in [-0.15, -0.1) is 4.99 Å². The van der Waals surface area contributed by atoms with Crippen LogP contribution in [-0.4, -0.2) is 89.3 Å². The maximum absolute atomic E-state index is 15.7. The summed E-state index contributed by atoms with van der Waals surface area (Å²) in [6.45, 7) is 18.6. The van der Waals surface area contributed by atoms with Crippen molar-refractivity contribution >= 4 is 53.3 Å². The van der Waals surface area contributed by atoms with Crippen molar-refractivity contribution in [2.45, 2.75) is 98.9 Å². The fourth-order valence-corrected chi connectivity index (χ4v) is 5.83. The van der Waals surface area contributed by atoms with Gasteiger partial charge in [-0.1, -0.05) is 18.2 Å². The second-order valence-electron chi connectivity index (χ2n) is 16.5. The number of hydrogen-bond donors (Lipinski definition) is 2. The lowest BCUT2D eigenvalue weighted by molar-refractivity contribution is 0.0551. The van der Waals surface area contributed by atoms with Gasteiger partial charge in [-0.05, 0) is 123 Å². The van der Waals surface area contributed by atoms with Crippen molar-refractivity contribution in [2.24, 2.45) is 9.98 Å². The number of amides is 4. The van der Waals surface area contributed by atoms with Gasteiger partial charge in [0.15, 0.2) is 0 Å². The molecule has 0 saturated carbocycles. The zero-order chi connectivity index (χ0) is 41.6. The first-order chi connectivity index (χ1) is 26.0. The van der Waals surface area contributed by atoms with Crippen LogP contribution < -0.4 is 10.6 Å². The maximum atomic E-state index is 15.7. The highest BCUT2D eigenvalue weighted by molar-refractivity contribution is 6.04. The van der Waals surface area contributed by atoms with E-state index >= 15 is 8.78 Å². The summed E-state index contributed by atoms with van der Waals surface area (Å²) in [5.41, 5.74) is 0.746. The van der Waals surface area contributed by atoms with Crippen molar-refractivity contribution in [2.75, 3.05) is 31.5 Å². The van der Waals surface area contributed by atoms with E-state index in [2.05, 4.69) is 20.6 Å². The fourth-order valence-electron chi connectivity index (χ4n) is 5.83. The number of aryl methyl sites for hydroxylation is 1. The molecule has 0 saturated heterocycles. The van der Waals surface area contributed by atoms with Crippen molar-refractivity contribution < 1.29 is 42.2 Å². The average Bonchev–Trinajstić information content (AvgIpc) is 3.05. The summed E-state index contributed by atoms with van der Waals surface area (Å²) in [7, 11) is 0. The van der Waals surface area contributed by atoms with E-state index < -0.39 is 52.6 Å². The Morgan fingerprint density at radius 2 is 1.39 bits per heavy atom. The number of nitrogens with zero attached hydrogens (tertiary/aromatic N) is 4. The van der Waals surface area contributed by atoms with E-state index in [9.17, 15) is 19.2 Å². The molecular formula is C41H52F2N6O7. The Balaban J connectivity index is 1.42. The number of carbonyl (C=O) groups is 4. The van der Waals surface area contributed by atoms with Crippen LogP contribution in [0.4, 0.5) is 28.9 Å². The van der Waals surface area contributed by atoms with Crippen LogP contribution in [0.25, 0.3) is 11.1 Å². The number of hydrogen-bond acceptors (Lipinski definition) is 7. The number of ether oxygens (including phenoxy) is 3. The minimum atomic E-state index is -0.893. The van der Waals surface area contributed by atoms with Crippen LogP contribution in [0.5, 0.6) is 0 Å². The normalized spacial score (nSPS) is 15.5. The molecular weight excluding hydrogens is 726 g/mol. The van der Waals surface area contributed by atoms with Crippen LogP contribution in [0.2, 0.25) is 0 Å². The highest BCUT2D eigenvalue weighted by atomic mass is 19.1. The van der Waals surface area contributed by atoms with Gasteiger partial charge in [0.2, 0.25) is 5.96 Å². The van der Waals surface area contributed by atoms with Crippen LogP contribution in [0, 0.1) is 18.6 Å². The van der Waals surface area contributed by atoms with Gasteiger partial charge >= 0.3 is 18.3 Å². The summed E-state index contributed by atoms with van der Waals surface area (Å²) >= 11 is 0. The Bertz CT molecular complexity index is 1950. The quantitative estimate of drug-likeness (QED) is 0.173. The van der Waals surface area contributed by atoms with Crippen molar-refractivity contribution in [1.29, 1.82) is 0 Å². The van der Waals surface area contributed by atoms with Crippen LogP contribution in [0.3, 0.4) is 0 Å². The Kier molecular flexibility index (Phi) is 13.5. The van der Waals surface area contributed by atoms with Gasteiger partial charge in [0, 0.05) is 48.6 Å². The van der Waals surface area contributed by atoms with E-state index in [1.807, 2.05) is 11.0 Å². The molecule has 0 atom stereocenters. The number of anilines is 1. The SMILES string of the molecule is Cc1cc(NC(=O)c2ccc(C3=CCN(C=NC(=O)OC(C)(C)C)CC3)c(F)c2)cc(F)c1C1=CCN(C(=NC(=O)OC(C)(C)C)NC(=O)OC(C)(C)C)CC1. The molecule has 4 rings (SSSR count). The third-order valence-corrected chi connectivity index (χ3v) is 8.12. The number of alkyl carbamates (subject to hydrolysis) is 1. The van der Waals surface area contributed by atoms with E-state index in [1.165, 1.54) is 18.5 Å². The first-order valence-electron chi connectivity index (χ1n) is 18.3. The summed E-state index contributed by atoms with van der Waals surface area (Å²) in [6, 6.07) is 7.05. The van der Waals surface area contributed by atoms with Crippen molar-refractivity contribution in [3.8, 4) is 0 Å². The molecule has 0 fully saturated rings. The highest BCUT2D eigenvalue weighted by Crippen LogP contribution is 2.31. The first-order valence-corrected chi connectivity index (χ1v) is 18.3. The number of benzene rings is 2. The van der Waals surface area contributed by atoms with Crippen molar-refractivity contribution in [1.82, 2.24) is 15.1 Å². The molecule has 0 bridgehead atoms. The smallest absolute Gasteiger partial charge is 0.437 e. The third-order valence-electron chi connectivity index (χ3n) is 8.12. The van der Waals surface area contributed by atoms with Gasteiger partial charge in [-0.2, -0.15) is 4.99 Å². The largest absolute Gasteiger partial charge is 0.444 e. The Labute approximate surface area is 326 Å². The molecule has 13 nitrogen and oxygen atoms in total. The number of rotatable bonds is 5. The number of nitrogens with one attached hydrogen (secondary N) is 2. The van der Waals surface area contributed by atoms with Gasteiger partial charge in [0.25, 0.3) is 5.91 Å². The van der Waals surface area contributed by atoms with E-state index in [0.717, 1.165) is 11.6 Å². The van der Waals surface area contributed by atoms with E-state index in [4.69, 9.17) is 14.2 Å². The molecule has 4 amide bonds. The summed E-state index contributed by atoms with van der Waals surface area (Å²) in [4.78, 5) is 61.5. The summed E-state index contributed by atoms with van der Waals surface area (Å²) in [5.74, 6) is -1.81. The molecule has 0 aliphatic carbocycles. The lowest BCUT2D eigenvalue weighted by Gasteiger charge is -2.30. The molecule has 0 spiro atoms. The molecule has 0 aromatic heterocycles. The molecule has 2 aromatic rings. The monoisotopic (exact) mass is 778 g/mol. The average molecular weight is 779 g/mol. The van der Waals surface area contributed by atoms with Crippen molar-refractivity contribution in [3.05, 3.63) is 76.4 Å². The molecule has 2 N–H and O–H groups in total. The molecule has 0 radical (unpaired) electrons. The van der Waals surface area contributed by atoms with Crippen LogP contribution in [0.1, 0.15) is 102 Å². The molecule has 56 heavy (non-hydrogen) atoms. The van der Waals surface area contributed by atoms with E-state index in [0.29, 0.717) is 48.2 Å². The molecule has 2 aliphatic rings. The van der Waals surface area contributed by atoms with Gasteiger partial charge < -0.3 is 29.3 Å². The molecule has 2 aliphatic heterocycles. The Hall–Kier alpha value is -5.60. The van der Waals surface area contributed by atoms with Gasteiger partial charge in [-0.25, -0.2) is 23.2 Å². The predicted molar refractivity (Wildman–Crippen MR) is 212 cm³/mol. The predicted octanol–water partition coefficient (Wildman–Crippen LogP) is 8.48. The summed E-state index contributed by atoms with van der Waals surface area (Å²) in [5, 5.41) is 5.21. The highest BCUT2D eigenvalue weighted by Gasteiger charge is 2.26. The lowest BCUT2D eigenvalue weighted by Crippen LogP contribution is -2.48. The molecule has 2 heterocycles. The molecule has 0 unspecified atom stereocenters. The van der Waals surface area contributed by atoms with Crippen LogP contribution in [-0.2, 0) is 14.2 Å². The lowest BCUT2D eigenvalue weighted by atomic mass is 9.94. The van der Waals surface area contributed by atoms with E-state index in [-0.39, 0.29) is 30.3 Å². The molecule has 15 heteroatoms. The van der Waals surface area contributed by atoms with Gasteiger partial charge in [-0.3, -0.25) is 10.1 Å². The Morgan fingerprint density at radius 3 is 1.95 bits per heavy atom. The molecule has 2 aromatic carbocycles. The molecule has 302 valence electrons. The first kappa shape index (κ1) is 43.1. The Morgan fingerprint density at radius 1 is 0.768 bits per heavy atom. The third kappa shape index (κ3) is 13.0. The topological polar surface area (TPSA) is 151 Å². The zero-order valence-electron chi connectivity index (χ0n) is 33.8. The summed E-state index contributed by atoms with van der Waals surface area (Å²) < 4.78 is 46.9. The minimum absolute atomic E-state index is 0.0623. The van der Waals surface area contributed by atoms with Crippen LogP contribution in [0.15, 0.2) is 52.5 Å². The second kappa shape index (κ2) is 17.5. The van der Waals surface area contributed by atoms with Gasteiger partial charge in [0.1, 0.15) is 28.4 Å². The maximum Gasteiger partial charge on any atom is 0.437 e. The fraction of sp³-hybridized carbons (Fsp3) is 0.463. The second-order valence-corrected chi connectivity index (χ2v) is 16.5. The minimum Gasteiger partial charge on any atom is -0.444 e. The van der Waals surface area contributed by atoms with Crippen LogP contribution >= 0.6 is 0 Å².